The maximum absolute atomic E-state index is 11.0. The summed E-state index contributed by atoms with van der Waals surface area (Å²) < 4.78 is 0. The van der Waals surface area contributed by atoms with Crippen LogP contribution < -0.4 is 0 Å². The summed E-state index contributed by atoms with van der Waals surface area (Å²) >= 11 is 0. The molecule has 21 heavy (non-hydrogen) atoms. The lowest BCUT2D eigenvalue weighted by atomic mass is 9.86. The number of hydrogen-bond acceptors (Lipinski definition) is 3. The number of aliphatic carboxylic acids is 1. The van der Waals surface area contributed by atoms with Crippen LogP contribution in [0.1, 0.15) is 38.3 Å². The van der Waals surface area contributed by atoms with Gasteiger partial charge in [0.15, 0.2) is 0 Å². The number of rotatable bonds is 3. The Labute approximate surface area is 126 Å². The van der Waals surface area contributed by atoms with Crippen LogP contribution in [0.2, 0.25) is 0 Å². The van der Waals surface area contributed by atoms with Crippen molar-refractivity contribution in [3.63, 3.8) is 0 Å². The number of nitrogens with zero attached hydrogens (tertiary/aromatic N) is 1. The molecule has 2 atom stereocenters. The number of β-amino-alcohol motifs (C(OH)–C–C–N with tert-alkyl or cyclic N) is 1. The summed E-state index contributed by atoms with van der Waals surface area (Å²) in [6.07, 6.45) is -0.263. The van der Waals surface area contributed by atoms with Crippen molar-refractivity contribution < 1.29 is 15.0 Å². The van der Waals surface area contributed by atoms with Crippen LogP contribution in [-0.2, 0) is 16.8 Å². The Balaban J connectivity index is 1.96. The Hall–Kier alpha value is -1.39. The van der Waals surface area contributed by atoms with E-state index in [0.717, 1.165) is 13.1 Å². The molecule has 0 radical (unpaired) electrons. The van der Waals surface area contributed by atoms with E-state index in [2.05, 4.69) is 49.9 Å². The monoisotopic (exact) mass is 291 g/mol. The summed E-state index contributed by atoms with van der Waals surface area (Å²) in [5.41, 5.74) is 2.65. The summed E-state index contributed by atoms with van der Waals surface area (Å²) in [7, 11) is 0. The highest BCUT2D eigenvalue weighted by Gasteiger charge is 2.32. The van der Waals surface area contributed by atoms with E-state index in [-0.39, 0.29) is 5.41 Å². The van der Waals surface area contributed by atoms with Gasteiger partial charge in [-0.15, -0.1) is 0 Å². The van der Waals surface area contributed by atoms with Gasteiger partial charge in [-0.2, -0.15) is 0 Å². The molecule has 4 nitrogen and oxygen atoms in total. The zero-order valence-corrected chi connectivity index (χ0v) is 13.0. The van der Waals surface area contributed by atoms with Gasteiger partial charge < -0.3 is 10.2 Å². The zero-order valence-electron chi connectivity index (χ0n) is 13.0. The van der Waals surface area contributed by atoms with Crippen molar-refractivity contribution in [2.24, 2.45) is 5.92 Å². The fraction of sp³-hybridized carbons (Fsp3) is 0.588. The van der Waals surface area contributed by atoms with E-state index in [4.69, 9.17) is 5.11 Å². The Kier molecular flexibility index (Phi) is 4.69. The lowest BCUT2D eigenvalue weighted by molar-refractivity contribution is -0.148. The van der Waals surface area contributed by atoms with Crippen molar-refractivity contribution in [2.45, 2.75) is 45.3 Å². The minimum absolute atomic E-state index is 0.147. The number of carboxylic acids is 1. The van der Waals surface area contributed by atoms with Gasteiger partial charge in [0, 0.05) is 13.1 Å². The number of carboxylic acid groups (broad SMARTS) is 1. The van der Waals surface area contributed by atoms with E-state index < -0.39 is 18.0 Å². The molecule has 0 bridgehead atoms. The minimum Gasteiger partial charge on any atom is -0.481 e. The number of aliphatic hydroxyl groups excluding tert-OH is 1. The fourth-order valence-corrected chi connectivity index (χ4v) is 2.80. The summed E-state index contributed by atoms with van der Waals surface area (Å²) in [4.78, 5) is 13.1. The number of hydrogen-bond donors (Lipinski definition) is 2. The van der Waals surface area contributed by atoms with Crippen molar-refractivity contribution in [3.8, 4) is 0 Å². The maximum Gasteiger partial charge on any atom is 0.309 e. The van der Waals surface area contributed by atoms with Gasteiger partial charge >= 0.3 is 5.97 Å². The Bertz CT molecular complexity index is 490. The first-order valence-corrected chi connectivity index (χ1v) is 7.50. The molecule has 0 unspecified atom stereocenters. The highest BCUT2D eigenvalue weighted by Crippen LogP contribution is 2.24. The largest absolute Gasteiger partial charge is 0.481 e. The summed E-state index contributed by atoms with van der Waals surface area (Å²) in [6, 6.07) is 8.54. The van der Waals surface area contributed by atoms with Gasteiger partial charge in [0.2, 0.25) is 0 Å². The molecule has 4 heteroatoms. The quantitative estimate of drug-likeness (QED) is 0.896. The second-order valence-corrected chi connectivity index (χ2v) is 6.98. The topological polar surface area (TPSA) is 60.8 Å². The van der Waals surface area contributed by atoms with Crippen LogP contribution in [-0.4, -0.2) is 40.3 Å². The van der Waals surface area contributed by atoms with Crippen molar-refractivity contribution >= 4 is 5.97 Å². The first-order chi connectivity index (χ1) is 9.77. The summed E-state index contributed by atoms with van der Waals surface area (Å²) in [5.74, 6) is -1.51. The molecular formula is C17H25NO3. The fourth-order valence-electron chi connectivity index (χ4n) is 2.80. The maximum atomic E-state index is 11.0. The standard InChI is InChI=1S/C17H25NO3/c1-17(2,3)13-6-4-12(5-7-13)10-18-9-8-14(16(20)21)15(19)11-18/h4-7,14-15,19H,8-11H2,1-3H3,(H,20,21)/t14-,15+/m0/s1. The second-order valence-electron chi connectivity index (χ2n) is 6.98. The highest BCUT2D eigenvalue weighted by molar-refractivity contribution is 5.70. The number of benzene rings is 1. The van der Waals surface area contributed by atoms with E-state index in [1.165, 1.54) is 11.1 Å². The van der Waals surface area contributed by atoms with Gasteiger partial charge in [-0.25, -0.2) is 0 Å². The number of likely N-dealkylation sites (tertiary alicyclic amines) is 1. The first kappa shape index (κ1) is 16.0. The van der Waals surface area contributed by atoms with Gasteiger partial charge in [0.25, 0.3) is 0 Å². The average molecular weight is 291 g/mol. The predicted octanol–water partition coefficient (Wildman–Crippen LogP) is 2.25. The van der Waals surface area contributed by atoms with Gasteiger partial charge in [-0.05, 0) is 29.5 Å². The van der Waals surface area contributed by atoms with Gasteiger partial charge in [0.1, 0.15) is 0 Å². The van der Waals surface area contributed by atoms with E-state index in [1.54, 1.807) is 0 Å². The number of piperidine rings is 1. The van der Waals surface area contributed by atoms with Gasteiger partial charge in [0.05, 0.1) is 12.0 Å². The molecule has 0 amide bonds. The van der Waals surface area contributed by atoms with Crippen LogP contribution in [0.3, 0.4) is 0 Å². The summed E-state index contributed by atoms with van der Waals surface area (Å²) in [5, 5.41) is 18.9. The lowest BCUT2D eigenvalue weighted by Crippen LogP contribution is -2.46. The van der Waals surface area contributed by atoms with Crippen LogP contribution in [0, 0.1) is 5.92 Å². The molecule has 1 aliphatic rings. The molecule has 0 spiro atoms. The van der Waals surface area contributed by atoms with E-state index in [1.807, 2.05) is 0 Å². The second kappa shape index (κ2) is 6.16. The molecule has 1 saturated heterocycles. The van der Waals surface area contributed by atoms with Crippen LogP contribution in [0.25, 0.3) is 0 Å². The average Bonchev–Trinajstić information content (AvgIpc) is 2.38. The van der Waals surface area contributed by atoms with Crippen molar-refractivity contribution in [3.05, 3.63) is 35.4 Å². The van der Waals surface area contributed by atoms with Crippen molar-refractivity contribution in [2.75, 3.05) is 13.1 Å². The third-order valence-electron chi connectivity index (χ3n) is 4.21. The highest BCUT2D eigenvalue weighted by atomic mass is 16.4. The van der Waals surface area contributed by atoms with E-state index >= 15 is 0 Å². The Morgan fingerprint density at radius 1 is 1.29 bits per heavy atom. The SMILES string of the molecule is CC(C)(C)c1ccc(CN2CC[C@H](C(=O)O)[C@H](O)C2)cc1. The third kappa shape index (κ3) is 4.05. The molecule has 2 N–H and O–H groups in total. The molecule has 1 aromatic carbocycles. The van der Waals surface area contributed by atoms with Crippen LogP contribution in [0.4, 0.5) is 0 Å². The van der Waals surface area contributed by atoms with Crippen LogP contribution >= 0.6 is 0 Å². The Morgan fingerprint density at radius 3 is 2.38 bits per heavy atom. The zero-order chi connectivity index (χ0) is 15.6. The van der Waals surface area contributed by atoms with E-state index in [0.29, 0.717) is 13.0 Å². The number of aliphatic hydroxyl groups is 1. The molecule has 0 aromatic heterocycles. The molecule has 2 rings (SSSR count). The Morgan fingerprint density at radius 2 is 1.90 bits per heavy atom. The van der Waals surface area contributed by atoms with Gasteiger partial charge in [-0.1, -0.05) is 45.0 Å². The minimum atomic E-state index is -0.892. The van der Waals surface area contributed by atoms with Gasteiger partial charge in [-0.3, -0.25) is 9.69 Å². The smallest absolute Gasteiger partial charge is 0.309 e. The lowest BCUT2D eigenvalue weighted by Gasteiger charge is -2.34. The normalized spacial score (nSPS) is 24.0. The molecule has 1 fully saturated rings. The number of carbonyl (C=O) groups is 1. The molecule has 0 aliphatic carbocycles. The third-order valence-corrected chi connectivity index (χ3v) is 4.21. The van der Waals surface area contributed by atoms with E-state index in [9.17, 15) is 9.90 Å². The summed E-state index contributed by atoms with van der Waals surface area (Å²) in [6.45, 7) is 8.47. The van der Waals surface area contributed by atoms with Crippen molar-refractivity contribution in [1.29, 1.82) is 0 Å². The molecule has 1 aromatic rings. The first-order valence-electron chi connectivity index (χ1n) is 7.50. The van der Waals surface area contributed by atoms with Crippen molar-refractivity contribution in [1.82, 2.24) is 4.90 Å². The predicted molar refractivity (Wildman–Crippen MR) is 82.2 cm³/mol. The molecule has 116 valence electrons. The molecule has 1 heterocycles. The van der Waals surface area contributed by atoms with Crippen LogP contribution in [0.15, 0.2) is 24.3 Å². The molecule has 1 aliphatic heterocycles. The molecule has 0 saturated carbocycles. The van der Waals surface area contributed by atoms with Crippen LogP contribution in [0.5, 0.6) is 0 Å². The molecular weight excluding hydrogens is 266 g/mol.